The third kappa shape index (κ3) is 3.60. The third-order valence-electron chi connectivity index (χ3n) is 6.18. The highest BCUT2D eigenvalue weighted by Crippen LogP contribution is 2.26. The van der Waals surface area contributed by atoms with E-state index in [1.54, 1.807) is 0 Å². The van der Waals surface area contributed by atoms with E-state index < -0.39 is 0 Å². The van der Waals surface area contributed by atoms with Crippen LogP contribution in [0.4, 0.5) is 0 Å². The number of para-hydroxylation sites is 1. The van der Waals surface area contributed by atoms with Gasteiger partial charge in [0.1, 0.15) is 0 Å². The van der Waals surface area contributed by atoms with Gasteiger partial charge in [0, 0.05) is 56.2 Å². The Morgan fingerprint density at radius 1 is 0.889 bits per heavy atom. The van der Waals surface area contributed by atoms with Crippen LogP contribution in [0.5, 0.6) is 0 Å². The molecule has 1 aliphatic carbocycles. The summed E-state index contributed by atoms with van der Waals surface area (Å²) >= 11 is 0. The van der Waals surface area contributed by atoms with Crippen LogP contribution < -0.4 is 0 Å². The van der Waals surface area contributed by atoms with Crippen LogP contribution in [0.3, 0.4) is 0 Å². The SMILES string of the molecule is Cn1cc(C(=O)N2CCCN(C(=O)C3CCCCC3)CC2)c2ccccc21. The number of benzene rings is 1. The van der Waals surface area contributed by atoms with Gasteiger partial charge in [0.25, 0.3) is 5.91 Å². The zero-order valence-electron chi connectivity index (χ0n) is 16.2. The number of aryl methyl sites for hydroxylation is 1. The average molecular weight is 367 g/mol. The van der Waals surface area contributed by atoms with Gasteiger partial charge in [-0.2, -0.15) is 0 Å². The van der Waals surface area contributed by atoms with Crippen molar-refractivity contribution in [2.75, 3.05) is 26.2 Å². The minimum atomic E-state index is 0.0822. The van der Waals surface area contributed by atoms with E-state index in [4.69, 9.17) is 0 Å². The molecule has 1 saturated carbocycles. The summed E-state index contributed by atoms with van der Waals surface area (Å²) in [6.45, 7) is 2.78. The van der Waals surface area contributed by atoms with Gasteiger partial charge in [0.2, 0.25) is 5.91 Å². The van der Waals surface area contributed by atoms with Crippen LogP contribution in [0.25, 0.3) is 10.9 Å². The molecule has 5 nitrogen and oxygen atoms in total. The molecule has 0 spiro atoms. The molecule has 2 heterocycles. The zero-order valence-corrected chi connectivity index (χ0v) is 16.2. The fourth-order valence-electron chi connectivity index (χ4n) is 4.63. The lowest BCUT2D eigenvalue weighted by Crippen LogP contribution is -2.40. The second-order valence-corrected chi connectivity index (χ2v) is 7.98. The van der Waals surface area contributed by atoms with Crippen LogP contribution in [0.1, 0.15) is 48.9 Å². The first-order chi connectivity index (χ1) is 13.1. The van der Waals surface area contributed by atoms with Crippen LogP contribution in [0.15, 0.2) is 30.5 Å². The Morgan fingerprint density at radius 2 is 1.59 bits per heavy atom. The molecule has 4 rings (SSSR count). The number of carbonyl (C=O) groups excluding carboxylic acids is 2. The molecule has 1 aromatic carbocycles. The number of nitrogens with zero attached hydrogens (tertiary/aromatic N) is 3. The lowest BCUT2D eigenvalue weighted by molar-refractivity contribution is -0.136. The fourth-order valence-corrected chi connectivity index (χ4v) is 4.63. The van der Waals surface area contributed by atoms with E-state index >= 15 is 0 Å². The molecule has 2 amide bonds. The third-order valence-corrected chi connectivity index (χ3v) is 6.18. The van der Waals surface area contributed by atoms with Gasteiger partial charge in [-0.15, -0.1) is 0 Å². The lowest BCUT2D eigenvalue weighted by atomic mass is 9.88. The van der Waals surface area contributed by atoms with Crippen molar-refractivity contribution in [3.63, 3.8) is 0 Å². The van der Waals surface area contributed by atoms with E-state index in [1.165, 1.54) is 19.3 Å². The highest BCUT2D eigenvalue weighted by molar-refractivity contribution is 6.07. The number of aromatic nitrogens is 1. The molecular weight excluding hydrogens is 338 g/mol. The van der Waals surface area contributed by atoms with Crippen molar-refractivity contribution >= 4 is 22.7 Å². The first-order valence-electron chi connectivity index (χ1n) is 10.3. The molecule has 1 aliphatic heterocycles. The summed E-state index contributed by atoms with van der Waals surface area (Å²) in [6, 6.07) is 8.03. The normalized spacial score (nSPS) is 19.3. The summed E-state index contributed by atoms with van der Waals surface area (Å²) in [7, 11) is 1.98. The van der Waals surface area contributed by atoms with Crippen LogP contribution in [0, 0.1) is 5.92 Å². The standard InChI is InChI=1S/C22H29N3O2/c1-23-16-19(18-10-5-6-11-20(18)23)22(27)25-13-7-12-24(14-15-25)21(26)17-8-3-2-4-9-17/h5-6,10-11,16-17H,2-4,7-9,12-15H2,1H3. The molecule has 2 aromatic rings. The summed E-state index contributed by atoms with van der Waals surface area (Å²) in [4.78, 5) is 29.9. The Morgan fingerprint density at radius 3 is 2.41 bits per heavy atom. The van der Waals surface area contributed by atoms with E-state index in [0.29, 0.717) is 19.0 Å². The number of amides is 2. The summed E-state index contributed by atoms with van der Waals surface area (Å²) < 4.78 is 2.01. The summed E-state index contributed by atoms with van der Waals surface area (Å²) in [6.07, 6.45) is 8.47. The maximum atomic E-state index is 13.2. The Balaban J connectivity index is 1.46. The molecule has 2 aliphatic rings. The van der Waals surface area contributed by atoms with Gasteiger partial charge in [-0.3, -0.25) is 9.59 Å². The first kappa shape index (κ1) is 18.1. The molecule has 144 valence electrons. The maximum absolute atomic E-state index is 13.2. The van der Waals surface area contributed by atoms with Gasteiger partial charge in [-0.1, -0.05) is 37.5 Å². The molecule has 0 N–H and O–H groups in total. The topological polar surface area (TPSA) is 45.6 Å². The largest absolute Gasteiger partial charge is 0.350 e. The highest BCUT2D eigenvalue weighted by Gasteiger charge is 2.29. The van der Waals surface area contributed by atoms with E-state index in [2.05, 4.69) is 0 Å². The Bertz CT molecular complexity index is 835. The minimum absolute atomic E-state index is 0.0822. The van der Waals surface area contributed by atoms with Gasteiger partial charge < -0.3 is 14.4 Å². The van der Waals surface area contributed by atoms with Gasteiger partial charge in [-0.25, -0.2) is 0 Å². The number of fused-ring (bicyclic) bond motifs is 1. The van der Waals surface area contributed by atoms with E-state index in [9.17, 15) is 9.59 Å². The van der Waals surface area contributed by atoms with Crippen molar-refractivity contribution in [1.82, 2.24) is 14.4 Å². The number of rotatable bonds is 2. The lowest BCUT2D eigenvalue weighted by Gasteiger charge is -2.28. The fraction of sp³-hybridized carbons (Fsp3) is 0.545. The molecule has 0 unspecified atom stereocenters. The molecule has 0 bridgehead atoms. The van der Waals surface area contributed by atoms with Crippen LogP contribution >= 0.6 is 0 Å². The number of hydrogen-bond donors (Lipinski definition) is 0. The van der Waals surface area contributed by atoms with Crippen molar-refractivity contribution in [3.05, 3.63) is 36.0 Å². The van der Waals surface area contributed by atoms with Crippen molar-refractivity contribution < 1.29 is 9.59 Å². The molecule has 0 atom stereocenters. The highest BCUT2D eigenvalue weighted by atomic mass is 16.2. The first-order valence-corrected chi connectivity index (χ1v) is 10.3. The second kappa shape index (κ2) is 7.75. The summed E-state index contributed by atoms with van der Waals surface area (Å²) in [5.41, 5.74) is 1.84. The predicted octanol–water partition coefficient (Wildman–Crippen LogP) is 3.43. The Labute approximate surface area is 160 Å². The van der Waals surface area contributed by atoms with Gasteiger partial charge in [0.15, 0.2) is 0 Å². The molecule has 1 saturated heterocycles. The average Bonchev–Trinajstić information content (AvgIpc) is 2.89. The van der Waals surface area contributed by atoms with E-state index in [-0.39, 0.29) is 11.8 Å². The molecule has 1 aromatic heterocycles. The monoisotopic (exact) mass is 367 g/mol. The predicted molar refractivity (Wildman–Crippen MR) is 107 cm³/mol. The quantitative estimate of drug-likeness (QED) is 0.816. The van der Waals surface area contributed by atoms with E-state index in [1.807, 2.05) is 51.9 Å². The molecule has 27 heavy (non-hydrogen) atoms. The second-order valence-electron chi connectivity index (χ2n) is 7.98. The van der Waals surface area contributed by atoms with Crippen molar-refractivity contribution in [2.45, 2.75) is 38.5 Å². The minimum Gasteiger partial charge on any atom is -0.350 e. The Hall–Kier alpha value is -2.30. The molecular formula is C22H29N3O2. The number of hydrogen-bond acceptors (Lipinski definition) is 2. The van der Waals surface area contributed by atoms with Crippen molar-refractivity contribution in [3.8, 4) is 0 Å². The van der Waals surface area contributed by atoms with Gasteiger partial charge in [-0.05, 0) is 25.3 Å². The van der Waals surface area contributed by atoms with Crippen LogP contribution in [0.2, 0.25) is 0 Å². The smallest absolute Gasteiger partial charge is 0.256 e. The Kier molecular flexibility index (Phi) is 5.19. The zero-order chi connectivity index (χ0) is 18.8. The number of carbonyl (C=O) groups is 2. The van der Waals surface area contributed by atoms with Crippen LogP contribution in [-0.4, -0.2) is 52.4 Å². The maximum Gasteiger partial charge on any atom is 0.256 e. The van der Waals surface area contributed by atoms with Gasteiger partial charge in [0.05, 0.1) is 5.56 Å². The van der Waals surface area contributed by atoms with Crippen molar-refractivity contribution in [1.29, 1.82) is 0 Å². The summed E-state index contributed by atoms with van der Waals surface area (Å²) in [5, 5.41) is 1.00. The van der Waals surface area contributed by atoms with Crippen molar-refractivity contribution in [2.24, 2.45) is 13.0 Å². The summed E-state index contributed by atoms with van der Waals surface area (Å²) in [5.74, 6) is 0.604. The van der Waals surface area contributed by atoms with E-state index in [0.717, 1.165) is 48.8 Å². The van der Waals surface area contributed by atoms with Gasteiger partial charge >= 0.3 is 0 Å². The molecule has 0 radical (unpaired) electrons. The molecule has 2 fully saturated rings. The molecule has 5 heteroatoms. The van der Waals surface area contributed by atoms with Crippen LogP contribution in [-0.2, 0) is 11.8 Å².